The average molecular weight is 663 g/mol. The highest BCUT2D eigenvalue weighted by Crippen LogP contribution is 2.42. The highest BCUT2D eigenvalue weighted by molar-refractivity contribution is 6.23. The quantitative estimate of drug-likeness (QED) is 0.188. The van der Waals surface area contributed by atoms with Crippen LogP contribution in [-0.2, 0) is 0 Å². The van der Waals surface area contributed by atoms with Gasteiger partial charge in [0.05, 0.1) is 33.1 Å². The zero-order valence-electron chi connectivity index (χ0n) is 28.1. The first-order valence-electron chi connectivity index (χ1n) is 17.7. The van der Waals surface area contributed by atoms with Crippen LogP contribution in [0, 0.1) is 0 Å². The van der Waals surface area contributed by atoms with Crippen LogP contribution in [0.25, 0.3) is 99.3 Å². The van der Waals surface area contributed by atoms with Crippen LogP contribution in [0.2, 0.25) is 0 Å². The minimum absolute atomic E-state index is 0.808. The molecule has 0 aliphatic carbocycles. The second-order valence-electron chi connectivity index (χ2n) is 13.4. The van der Waals surface area contributed by atoms with Crippen LogP contribution in [0.3, 0.4) is 0 Å². The number of fused-ring (bicyclic) bond motifs is 9. The van der Waals surface area contributed by atoms with Gasteiger partial charge in [-0.25, -0.2) is 9.97 Å². The van der Waals surface area contributed by atoms with Crippen molar-refractivity contribution in [2.24, 2.45) is 0 Å². The van der Waals surface area contributed by atoms with Gasteiger partial charge in [0.15, 0.2) is 5.82 Å². The van der Waals surface area contributed by atoms with Gasteiger partial charge in [-0.1, -0.05) is 133 Å². The number of benzene rings is 8. The van der Waals surface area contributed by atoms with Crippen molar-refractivity contribution in [2.75, 3.05) is 0 Å². The van der Waals surface area contributed by atoms with Crippen molar-refractivity contribution in [1.29, 1.82) is 0 Å². The summed E-state index contributed by atoms with van der Waals surface area (Å²) < 4.78 is 4.77. The molecule has 0 unspecified atom stereocenters. The van der Waals surface area contributed by atoms with Crippen LogP contribution in [0.4, 0.5) is 0 Å². The lowest BCUT2D eigenvalue weighted by atomic mass is 10.0. The molecule has 0 spiro atoms. The minimum Gasteiger partial charge on any atom is -0.309 e. The number of aromatic nitrogens is 4. The van der Waals surface area contributed by atoms with Gasteiger partial charge >= 0.3 is 0 Å². The maximum absolute atomic E-state index is 5.43. The molecule has 0 aliphatic heterocycles. The van der Waals surface area contributed by atoms with Crippen LogP contribution < -0.4 is 0 Å². The van der Waals surface area contributed by atoms with Crippen molar-refractivity contribution in [1.82, 2.24) is 19.1 Å². The predicted molar refractivity (Wildman–Crippen MR) is 217 cm³/mol. The van der Waals surface area contributed by atoms with Gasteiger partial charge in [-0.3, -0.25) is 4.57 Å². The summed E-state index contributed by atoms with van der Waals surface area (Å²) in [5, 5.41) is 7.28. The van der Waals surface area contributed by atoms with E-state index in [1.54, 1.807) is 0 Å². The van der Waals surface area contributed by atoms with Crippen LogP contribution in [0.5, 0.6) is 0 Å². The number of nitrogens with zero attached hydrogens (tertiary/aromatic N) is 4. The summed E-state index contributed by atoms with van der Waals surface area (Å²) in [4.78, 5) is 10.8. The molecule has 3 aromatic heterocycles. The highest BCUT2D eigenvalue weighted by Gasteiger charge is 2.23. The summed E-state index contributed by atoms with van der Waals surface area (Å²) in [7, 11) is 0. The SMILES string of the molecule is c1ccc(-c2cccc(-c3nc4ccccc4nc3-n3c4ccccc4c4cc5c6ccc7ccccc7c6n(-c6ccccc6)c5cc43)c2)cc1. The Balaban J connectivity index is 1.28. The average Bonchev–Trinajstić information content (AvgIpc) is 3.72. The molecule has 0 atom stereocenters. The van der Waals surface area contributed by atoms with Gasteiger partial charge in [-0.2, -0.15) is 0 Å². The lowest BCUT2D eigenvalue weighted by Crippen LogP contribution is -2.04. The summed E-state index contributed by atoms with van der Waals surface area (Å²) in [5.74, 6) is 0.808. The molecule has 0 aliphatic rings. The zero-order chi connectivity index (χ0) is 34.2. The molecular weight excluding hydrogens is 633 g/mol. The number of rotatable bonds is 4. The second kappa shape index (κ2) is 11.2. The van der Waals surface area contributed by atoms with E-state index in [1.165, 1.54) is 43.4 Å². The third kappa shape index (κ3) is 4.28. The van der Waals surface area contributed by atoms with Gasteiger partial charge < -0.3 is 4.57 Å². The third-order valence-corrected chi connectivity index (χ3v) is 10.5. The van der Waals surface area contributed by atoms with Gasteiger partial charge in [-0.15, -0.1) is 0 Å². The Morgan fingerprint density at radius 2 is 0.981 bits per heavy atom. The standard InChI is InChI=1S/C48H30N4/c1-3-14-31(15-4-1)33-17-13-18-34(28-33)46-48(50-42-24-11-10-23-41(42)49-46)52-43-25-12-9-22-37(43)39-29-40-38-27-26-32-16-7-8-21-36(32)47(38)51(44(40)30-45(39)52)35-19-5-2-6-20-35/h1-30H. The van der Waals surface area contributed by atoms with Gasteiger partial charge in [-0.05, 0) is 65.0 Å². The normalized spacial score (nSPS) is 11.8. The molecule has 242 valence electrons. The summed E-state index contributed by atoms with van der Waals surface area (Å²) in [6.07, 6.45) is 0. The highest BCUT2D eigenvalue weighted by atomic mass is 15.1. The van der Waals surface area contributed by atoms with Crippen molar-refractivity contribution in [3.05, 3.63) is 182 Å². The summed E-state index contributed by atoms with van der Waals surface area (Å²) in [6.45, 7) is 0. The first-order valence-corrected chi connectivity index (χ1v) is 17.7. The lowest BCUT2D eigenvalue weighted by molar-refractivity contribution is 1.08. The van der Waals surface area contributed by atoms with Crippen molar-refractivity contribution in [3.63, 3.8) is 0 Å². The van der Waals surface area contributed by atoms with E-state index in [-0.39, 0.29) is 0 Å². The van der Waals surface area contributed by atoms with Crippen molar-refractivity contribution < 1.29 is 0 Å². The molecule has 3 heterocycles. The van der Waals surface area contributed by atoms with Crippen molar-refractivity contribution in [3.8, 4) is 33.9 Å². The molecule has 8 aromatic carbocycles. The smallest absolute Gasteiger partial charge is 0.165 e. The first kappa shape index (κ1) is 28.8. The maximum Gasteiger partial charge on any atom is 0.165 e. The summed E-state index contributed by atoms with van der Waals surface area (Å²) in [5.41, 5.74) is 11.6. The van der Waals surface area contributed by atoms with E-state index in [0.717, 1.165) is 55.9 Å². The Bertz CT molecular complexity index is 3170. The number of para-hydroxylation sites is 4. The lowest BCUT2D eigenvalue weighted by Gasteiger charge is -2.15. The Labute approximate surface area is 299 Å². The molecule has 0 amide bonds. The fourth-order valence-corrected chi connectivity index (χ4v) is 8.13. The van der Waals surface area contributed by atoms with Gasteiger partial charge in [0.25, 0.3) is 0 Å². The molecule has 11 aromatic rings. The topological polar surface area (TPSA) is 35.6 Å². The van der Waals surface area contributed by atoms with E-state index >= 15 is 0 Å². The zero-order valence-corrected chi connectivity index (χ0v) is 28.1. The fraction of sp³-hybridized carbons (Fsp3) is 0. The number of hydrogen-bond donors (Lipinski definition) is 0. The molecule has 0 fully saturated rings. The van der Waals surface area contributed by atoms with Crippen LogP contribution in [-0.4, -0.2) is 19.1 Å². The largest absolute Gasteiger partial charge is 0.309 e. The molecule has 0 saturated heterocycles. The Hall–Kier alpha value is -7.04. The van der Waals surface area contributed by atoms with Gasteiger partial charge in [0.2, 0.25) is 0 Å². The Morgan fingerprint density at radius 1 is 0.346 bits per heavy atom. The van der Waals surface area contributed by atoms with E-state index in [1.807, 2.05) is 12.1 Å². The summed E-state index contributed by atoms with van der Waals surface area (Å²) in [6, 6.07) is 64.8. The molecule has 0 saturated carbocycles. The molecular formula is C48H30N4. The van der Waals surface area contributed by atoms with E-state index in [2.05, 4.69) is 179 Å². The van der Waals surface area contributed by atoms with Gasteiger partial charge in [0.1, 0.15) is 5.69 Å². The molecule has 52 heavy (non-hydrogen) atoms. The van der Waals surface area contributed by atoms with Crippen molar-refractivity contribution >= 4 is 65.4 Å². The minimum atomic E-state index is 0.808. The Morgan fingerprint density at radius 3 is 1.83 bits per heavy atom. The first-order chi connectivity index (χ1) is 25.8. The van der Waals surface area contributed by atoms with Crippen LogP contribution in [0.1, 0.15) is 0 Å². The van der Waals surface area contributed by atoms with E-state index in [9.17, 15) is 0 Å². The molecule has 0 bridgehead atoms. The van der Waals surface area contributed by atoms with Gasteiger partial charge in [0, 0.05) is 38.2 Å². The van der Waals surface area contributed by atoms with Crippen LogP contribution in [0.15, 0.2) is 182 Å². The fourth-order valence-electron chi connectivity index (χ4n) is 8.13. The van der Waals surface area contributed by atoms with Crippen LogP contribution >= 0.6 is 0 Å². The molecule has 11 rings (SSSR count). The van der Waals surface area contributed by atoms with Crippen molar-refractivity contribution in [2.45, 2.75) is 0 Å². The molecule has 4 nitrogen and oxygen atoms in total. The van der Waals surface area contributed by atoms with E-state index in [0.29, 0.717) is 0 Å². The molecule has 0 radical (unpaired) electrons. The summed E-state index contributed by atoms with van der Waals surface area (Å²) >= 11 is 0. The third-order valence-electron chi connectivity index (χ3n) is 10.5. The monoisotopic (exact) mass is 662 g/mol. The Kier molecular flexibility index (Phi) is 6.22. The van der Waals surface area contributed by atoms with E-state index in [4.69, 9.17) is 9.97 Å². The maximum atomic E-state index is 5.43. The predicted octanol–water partition coefficient (Wildman–Crippen LogP) is 12.3. The number of hydrogen-bond acceptors (Lipinski definition) is 2. The van der Waals surface area contributed by atoms with E-state index < -0.39 is 0 Å². The molecule has 4 heteroatoms. The molecule has 0 N–H and O–H groups in total. The second-order valence-corrected chi connectivity index (χ2v) is 13.4.